The molecule has 0 amide bonds. The van der Waals surface area contributed by atoms with E-state index < -0.39 is 17.2 Å². The summed E-state index contributed by atoms with van der Waals surface area (Å²) in [4.78, 5) is 12.6. The molecule has 0 saturated carbocycles. The van der Waals surface area contributed by atoms with E-state index in [1.165, 1.54) is 30.6 Å². The number of carbonyl (C=O) groups is 1. The predicted molar refractivity (Wildman–Crippen MR) is 171 cm³/mol. The zero-order chi connectivity index (χ0) is 30.2. The molecule has 2 heterocycles. The van der Waals surface area contributed by atoms with Crippen molar-refractivity contribution in [2.24, 2.45) is 0 Å². The molecule has 6 rings (SSSR count). The first-order chi connectivity index (χ1) is 20.8. The minimum absolute atomic E-state index is 0.326. The van der Waals surface area contributed by atoms with Crippen LogP contribution in [0.25, 0.3) is 44.4 Å². The lowest BCUT2D eigenvalue weighted by molar-refractivity contribution is 0.112. The number of carbonyl (C=O) groups excluding carboxylic acids is 1. The largest absolute Gasteiger partial charge is 0.587 e. The van der Waals surface area contributed by atoms with Gasteiger partial charge in [0.05, 0.1) is 18.2 Å². The van der Waals surface area contributed by atoms with Crippen molar-refractivity contribution in [2.45, 2.75) is 11.8 Å². The molecule has 0 aliphatic carbocycles. The Bertz CT molecular complexity index is 2060. The second-order valence-corrected chi connectivity index (χ2v) is 12.4. The first-order valence-corrected chi connectivity index (χ1v) is 15.5. The van der Waals surface area contributed by atoms with Crippen LogP contribution in [0.15, 0.2) is 95.2 Å². The number of aldehydes is 1. The third-order valence-corrected chi connectivity index (χ3v) is 9.72. The molecule has 9 heteroatoms. The average Bonchev–Trinajstić information content (AvgIpc) is 3.62. The van der Waals surface area contributed by atoms with Gasteiger partial charge in [-0.1, -0.05) is 47.5 Å². The van der Waals surface area contributed by atoms with Gasteiger partial charge in [0.15, 0.2) is 11.2 Å². The maximum Gasteiger partial charge on any atom is 0.180 e. The first kappa shape index (κ1) is 28.7. The van der Waals surface area contributed by atoms with Crippen molar-refractivity contribution in [3.05, 3.63) is 117 Å². The molecular formula is C34H22ClFN2O3S2. The molecule has 0 aliphatic heterocycles. The Morgan fingerprint density at radius 1 is 1.02 bits per heavy atom. The Morgan fingerprint density at radius 3 is 2.51 bits per heavy atom. The normalized spacial score (nSPS) is 11.8. The molecule has 0 aliphatic rings. The highest BCUT2D eigenvalue weighted by Gasteiger charge is 2.30. The van der Waals surface area contributed by atoms with Crippen LogP contribution in [0.1, 0.15) is 20.8 Å². The monoisotopic (exact) mass is 624 g/mol. The van der Waals surface area contributed by atoms with Crippen LogP contribution in [0, 0.1) is 24.1 Å². The zero-order valence-corrected chi connectivity index (χ0v) is 25.3. The Labute approximate surface area is 259 Å². The first-order valence-electron chi connectivity index (χ1n) is 13.1. The highest BCUT2D eigenvalue weighted by Crippen LogP contribution is 2.46. The number of methoxy groups -OCH3 is 1. The van der Waals surface area contributed by atoms with Gasteiger partial charge in [-0.2, -0.15) is 9.23 Å². The van der Waals surface area contributed by atoms with Gasteiger partial charge in [0.25, 0.3) is 0 Å². The number of nitrogens with zero attached hydrogens (tertiary/aromatic N) is 2. The number of thiophene rings is 1. The molecule has 0 spiro atoms. The van der Waals surface area contributed by atoms with Gasteiger partial charge in [0, 0.05) is 32.7 Å². The minimum Gasteiger partial charge on any atom is -0.587 e. The number of hydrogen-bond donors (Lipinski definition) is 0. The van der Waals surface area contributed by atoms with Gasteiger partial charge in [-0.3, -0.25) is 4.79 Å². The van der Waals surface area contributed by atoms with E-state index in [9.17, 15) is 19.0 Å². The van der Waals surface area contributed by atoms with Crippen molar-refractivity contribution in [3.8, 4) is 45.3 Å². The van der Waals surface area contributed by atoms with Gasteiger partial charge in [0.1, 0.15) is 39.6 Å². The lowest BCUT2D eigenvalue weighted by Gasteiger charge is -2.17. The summed E-state index contributed by atoms with van der Waals surface area (Å²) in [5.41, 5.74) is 5.72. The average molecular weight is 625 g/mol. The smallest absolute Gasteiger partial charge is 0.180 e. The van der Waals surface area contributed by atoms with E-state index in [-0.39, 0.29) is 0 Å². The lowest BCUT2D eigenvalue weighted by atomic mass is 9.96. The second-order valence-electron chi connectivity index (χ2n) is 9.79. The number of nitriles is 1. The van der Waals surface area contributed by atoms with E-state index in [1.807, 2.05) is 66.9 Å². The molecule has 0 fully saturated rings. The van der Waals surface area contributed by atoms with Gasteiger partial charge in [0.2, 0.25) is 0 Å². The van der Waals surface area contributed by atoms with E-state index in [0.717, 1.165) is 11.1 Å². The van der Waals surface area contributed by atoms with Crippen molar-refractivity contribution in [1.82, 2.24) is 3.97 Å². The molecule has 1 atom stereocenters. The van der Waals surface area contributed by atoms with E-state index >= 15 is 0 Å². The number of benzene rings is 4. The Hall–Kier alpha value is -4.39. The minimum atomic E-state index is -1.73. The fourth-order valence-corrected chi connectivity index (χ4v) is 7.44. The third kappa shape index (κ3) is 5.11. The van der Waals surface area contributed by atoms with Gasteiger partial charge < -0.3 is 9.29 Å². The molecule has 2 aromatic heterocycles. The SMILES string of the molecule is COc1cc(-c2cccc(-c3c(-c4ccsc4C#N)c4cc(F)ccc4n3[S+]([O-])c3ccc(C)cc3)c2)c(Cl)cc1C=O. The molecule has 212 valence electrons. The Morgan fingerprint density at radius 2 is 1.79 bits per heavy atom. The number of fused-ring (bicyclic) bond motifs is 1. The van der Waals surface area contributed by atoms with E-state index in [2.05, 4.69) is 6.07 Å². The van der Waals surface area contributed by atoms with E-state index in [1.54, 1.807) is 22.2 Å². The lowest BCUT2D eigenvalue weighted by Crippen LogP contribution is -2.14. The van der Waals surface area contributed by atoms with Crippen LogP contribution in [-0.2, 0) is 11.4 Å². The number of rotatable bonds is 7. The van der Waals surface area contributed by atoms with Gasteiger partial charge >= 0.3 is 0 Å². The van der Waals surface area contributed by atoms with Crippen LogP contribution in [0.2, 0.25) is 5.02 Å². The molecule has 0 saturated heterocycles. The number of ether oxygens (including phenoxy) is 1. The number of hydrogen-bond acceptors (Lipinski definition) is 5. The van der Waals surface area contributed by atoms with Gasteiger partial charge in [-0.25, -0.2) is 4.39 Å². The third-order valence-electron chi connectivity index (χ3n) is 7.20. The van der Waals surface area contributed by atoms with Crippen molar-refractivity contribution in [3.63, 3.8) is 0 Å². The summed E-state index contributed by atoms with van der Waals surface area (Å²) in [6.45, 7) is 1.96. The van der Waals surface area contributed by atoms with E-state index in [0.29, 0.717) is 71.2 Å². The van der Waals surface area contributed by atoms with Crippen LogP contribution in [0.3, 0.4) is 0 Å². The molecule has 4 aromatic carbocycles. The summed E-state index contributed by atoms with van der Waals surface area (Å²) in [7, 11) is 1.48. The van der Waals surface area contributed by atoms with Crippen molar-refractivity contribution < 1.29 is 18.5 Å². The van der Waals surface area contributed by atoms with Crippen molar-refractivity contribution in [1.29, 1.82) is 5.26 Å². The summed E-state index contributed by atoms with van der Waals surface area (Å²) >= 11 is 6.19. The maximum absolute atomic E-state index is 14.8. The standard InChI is InChI=1S/C34H22ClFN2O3S2/c1-20-6-9-25(10-7-20)43(40)38-30-11-8-24(36)16-28(30)33(26-12-13-42-32(26)18-37)34(38)22-5-3-4-21(14-22)27-17-31(41-2)23(19-39)15-29(27)35/h3-17,19H,1-2H3. The van der Waals surface area contributed by atoms with E-state index in [4.69, 9.17) is 16.3 Å². The fourth-order valence-electron chi connectivity index (χ4n) is 5.19. The molecule has 0 bridgehead atoms. The van der Waals surface area contributed by atoms with Crippen molar-refractivity contribution in [2.75, 3.05) is 7.11 Å². The topological polar surface area (TPSA) is 78.1 Å². The van der Waals surface area contributed by atoms with Crippen molar-refractivity contribution >= 4 is 51.5 Å². The summed E-state index contributed by atoms with van der Waals surface area (Å²) < 4.78 is 36.3. The number of aryl methyl sites for hydroxylation is 1. The summed E-state index contributed by atoms with van der Waals surface area (Å²) in [5, 5.41) is 12.7. The summed E-state index contributed by atoms with van der Waals surface area (Å²) in [6.07, 6.45) is 0.683. The highest BCUT2D eigenvalue weighted by atomic mass is 35.5. The van der Waals surface area contributed by atoms with Crippen LogP contribution < -0.4 is 4.74 Å². The second kappa shape index (κ2) is 11.7. The molecule has 0 N–H and O–H groups in total. The zero-order valence-electron chi connectivity index (χ0n) is 22.9. The van der Waals surface area contributed by atoms with Crippen LogP contribution in [0.4, 0.5) is 4.39 Å². The highest BCUT2D eigenvalue weighted by molar-refractivity contribution is 7.90. The molecule has 6 aromatic rings. The van der Waals surface area contributed by atoms with Crippen LogP contribution in [-0.4, -0.2) is 21.9 Å². The Kier molecular flexibility index (Phi) is 7.82. The number of aromatic nitrogens is 1. The predicted octanol–water partition coefficient (Wildman–Crippen LogP) is 9.07. The molecule has 5 nitrogen and oxygen atoms in total. The van der Waals surface area contributed by atoms with Crippen LogP contribution in [0.5, 0.6) is 5.75 Å². The maximum atomic E-state index is 14.8. The summed E-state index contributed by atoms with van der Waals surface area (Å²) in [6, 6.07) is 26.6. The van der Waals surface area contributed by atoms with Crippen LogP contribution >= 0.6 is 22.9 Å². The van der Waals surface area contributed by atoms with Gasteiger partial charge in [-0.15, -0.1) is 11.3 Å². The fraction of sp³-hybridized carbons (Fsp3) is 0.0588. The number of halogens is 2. The molecule has 0 radical (unpaired) electrons. The summed E-state index contributed by atoms with van der Waals surface area (Å²) in [5.74, 6) is -0.0716. The molecular weight excluding hydrogens is 603 g/mol. The van der Waals surface area contributed by atoms with Gasteiger partial charge in [-0.05, 0) is 72.5 Å². The molecule has 43 heavy (non-hydrogen) atoms. The Balaban J connectivity index is 1.69. The molecule has 1 unspecified atom stereocenters. The quantitative estimate of drug-likeness (QED) is 0.131.